The molecule has 0 unspecified atom stereocenters. The number of benzene rings is 2. The molecule has 1 saturated heterocycles. The number of carbonyl (C=O) groups excluding carboxylic acids is 1. The Morgan fingerprint density at radius 1 is 1.03 bits per heavy atom. The highest BCUT2D eigenvalue weighted by atomic mass is 19.1. The third-order valence-electron chi connectivity index (χ3n) is 6.38. The zero-order valence-corrected chi connectivity index (χ0v) is 21.7. The third kappa shape index (κ3) is 5.74. The van der Waals surface area contributed by atoms with E-state index in [0.717, 1.165) is 34.2 Å². The summed E-state index contributed by atoms with van der Waals surface area (Å²) in [6, 6.07) is 17.6. The lowest BCUT2D eigenvalue weighted by Crippen LogP contribution is -2.49. The van der Waals surface area contributed by atoms with Crippen LogP contribution >= 0.6 is 0 Å². The summed E-state index contributed by atoms with van der Waals surface area (Å²) in [7, 11) is 0. The topological polar surface area (TPSA) is 95.2 Å². The van der Waals surface area contributed by atoms with E-state index in [1.165, 1.54) is 6.07 Å². The van der Waals surface area contributed by atoms with Crippen LogP contribution in [0.15, 0.2) is 60.7 Å². The molecule has 2 amide bonds. The largest absolute Gasteiger partial charge is 0.379 e. The SMILES string of the molecule is Cc1cccc(-c2[nH]c(C(C)C)nc2-c2ccc(F)c(-c3ccc(NC(=O)NN4CCOCC4)cc3)c2)n1. The zero-order chi connectivity index (χ0) is 26.6. The van der Waals surface area contributed by atoms with Crippen LogP contribution in [-0.2, 0) is 4.74 Å². The number of imidazole rings is 1. The molecule has 0 saturated carbocycles. The number of carbonyl (C=O) groups is 1. The number of ether oxygens (including phenoxy) is 1. The van der Waals surface area contributed by atoms with E-state index in [4.69, 9.17) is 9.72 Å². The molecule has 2 aromatic carbocycles. The Labute approximate surface area is 221 Å². The monoisotopic (exact) mass is 514 g/mol. The van der Waals surface area contributed by atoms with Gasteiger partial charge in [0.25, 0.3) is 0 Å². The molecule has 2 aromatic heterocycles. The molecule has 3 heterocycles. The minimum Gasteiger partial charge on any atom is -0.379 e. The van der Waals surface area contributed by atoms with Crippen molar-refractivity contribution in [3.63, 3.8) is 0 Å². The summed E-state index contributed by atoms with van der Waals surface area (Å²) in [6.07, 6.45) is 0. The van der Waals surface area contributed by atoms with Crippen molar-refractivity contribution in [3.8, 4) is 33.8 Å². The molecule has 0 bridgehead atoms. The molecule has 0 aliphatic carbocycles. The van der Waals surface area contributed by atoms with Gasteiger partial charge in [-0.3, -0.25) is 10.4 Å². The molecule has 1 fully saturated rings. The molecular formula is C29H31FN6O2. The molecule has 3 N–H and O–H groups in total. The van der Waals surface area contributed by atoms with Crippen molar-refractivity contribution >= 4 is 11.7 Å². The molecule has 0 atom stereocenters. The molecular weight excluding hydrogens is 483 g/mol. The Morgan fingerprint density at radius 2 is 1.76 bits per heavy atom. The number of nitrogens with one attached hydrogen (secondary N) is 3. The van der Waals surface area contributed by atoms with Crippen LogP contribution in [0.4, 0.5) is 14.9 Å². The van der Waals surface area contributed by atoms with E-state index >= 15 is 4.39 Å². The summed E-state index contributed by atoms with van der Waals surface area (Å²) in [5.74, 6) is 0.692. The van der Waals surface area contributed by atoms with Crippen LogP contribution in [0.2, 0.25) is 0 Å². The average Bonchev–Trinajstić information content (AvgIpc) is 3.36. The lowest BCUT2D eigenvalue weighted by atomic mass is 9.99. The molecule has 196 valence electrons. The molecule has 9 heteroatoms. The molecule has 38 heavy (non-hydrogen) atoms. The zero-order valence-electron chi connectivity index (χ0n) is 21.7. The molecule has 0 radical (unpaired) electrons. The smallest absolute Gasteiger partial charge is 0.333 e. The number of aromatic nitrogens is 3. The summed E-state index contributed by atoms with van der Waals surface area (Å²) in [5, 5.41) is 4.63. The van der Waals surface area contributed by atoms with Crippen molar-refractivity contribution in [2.24, 2.45) is 0 Å². The van der Waals surface area contributed by atoms with Gasteiger partial charge in [-0.25, -0.2) is 19.2 Å². The Kier molecular flexibility index (Phi) is 7.48. The number of halogens is 1. The van der Waals surface area contributed by atoms with E-state index in [-0.39, 0.29) is 17.8 Å². The van der Waals surface area contributed by atoms with Crippen LogP contribution in [0.5, 0.6) is 0 Å². The highest BCUT2D eigenvalue weighted by molar-refractivity contribution is 5.89. The lowest BCUT2D eigenvalue weighted by molar-refractivity contribution is 0.0207. The molecule has 1 aliphatic heterocycles. The summed E-state index contributed by atoms with van der Waals surface area (Å²) >= 11 is 0. The van der Waals surface area contributed by atoms with E-state index < -0.39 is 0 Å². The van der Waals surface area contributed by atoms with E-state index in [1.807, 2.05) is 36.2 Å². The number of pyridine rings is 1. The fraction of sp³-hybridized carbons (Fsp3) is 0.276. The third-order valence-corrected chi connectivity index (χ3v) is 6.38. The maximum absolute atomic E-state index is 15.0. The number of anilines is 1. The predicted molar refractivity (Wildman–Crippen MR) is 146 cm³/mol. The Hall–Kier alpha value is -4.08. The number of nitrogens with zero attached hydrogens (tertiary/aromatic N) is 3. The van der Waals surface area contributed by atoms with Gasteiger partial charge in [-0.05, 0) is 55.0 Å². The summed E-state index contributed by atoms with van der Waals surface area (Å²) in [4.78, 5) is 25.3. The quantitative estimate of drug-likeness (QED) is 0.305. The number of aromatic amines is 1. The Morgan fingerprint density at radius 3 is 2.47 bits per heavy atom. The first kappa shape index (κ1) is 25.6. The van der Waals surface area contributed by atoms with Gasteiger partial charge in [0.15, 0.2) is 0 Å². The van der Waals surface area contributed by atoms with Crippen LogP contribution in [0, 0.1) is 12.7 Å². The van der Waals surface area contributed by atoms with Crippen molar-refractivity contribution in [2.75, 3.05) is 31.6 Å². The van der Waals surface area contributed by atoms with Gasteiger partial charge in [-0.2, -0.15) is 0 Å². The van der Waals surface area contributed by atoms with Gasteiger partial charge in [0.2, 0.25) is 0 Å². The number of aryl methyl sites for hydroxylation is 1. The number of H-pyrrole nitrogens is 1. The standard InChI is InChI=1S/C29H31FN6O2/c1-18(2)28-33-26(27(34-28)25-6-4-5-19(3)31-25)21-9-12-24(30)23(17-21)20-7-10-22(11-8-20)32-29(37)35-36-13-15-38-16-14-36/h4-12,17-18H,13-16H2,1-3H3,(H,33,34)(H2,32,35,37). The van der Waals surface area contributed by atoms with Crippen LogP contribution in [0.25, 0.3) is 33.8 Å². The number of amides is 2. The predicted octanol–water partition coefficient (Wildman–Crippen LogP) is 5.75. The molecule has 4 aromatic rings. The first-order chi connectivity index (χ1) is 18.4. The summed E-state index contributed by atoms with van der Waals surface area (Å²) < 4.78 is 20.3. The van der Waals surface area contributed by atoms with Crippen LogP contribution in [0.3, 0.4) is 0 Å². The molecule has 8 nitrogen and oxygen atoms in total. The van der Waals surface area contributed by atoms with Crippen molar-refractivity contribution in [2.45, 2.75) is 26.7 Å². The number of urea groups is 1. The second-order valence-electron chi connectivity index (χ2n) is 9.60. The molecule has 0 spiro atoms. The van der Waals surface area contributed by atoms with Crippen LogP contribution < -0.4 is 10.7 Å². The second kappa shape index (κ2) is 11.1. The minimum absolute atomic E-state index is 0.188. The van der Waals surface area contributed by atoms with Crippen molar-refractivity contribution in [1.29, 1.82) is 0 Å². The van der Waals surface area contributed by atoms with Gasteiger partial charge in [0, 0.05) is 41.5 Å². The van der Waals surface area contributed by atoms with Crippen LogP contribution in [-0.4, -0.2) is 52.3 Å². The Balaban J connectivity index is 1.41. The first-order valence-corrected chi connectivity index (χ1v) is 12.7. The van der Waals surface area contributed by atoms with Gasteiger partial charge in [0.1, 0.15) is 11.6 Å². The van der Waals surface area contributed by atoms with Crippen molar-refractivity contribution < 1.29 is 13.9 Å². The van der Waals surface area contributed by atoms with Crippen molar-refractivity contribution in [3.05, 3.63) is 78.0 Å². The number of hydrazine groups is 1. The van der Waals surface area contributed by atoms with E-state index in [1.54, 1.807) is 30.3 Å². The number of hydrogen-bond acceptors (Lipinski definition) is 5. The van der Waals surface area contributed by atoms with Crippen LogP contribution in [0.1, 0.15) is 31.3 Å². The maximum atomic E-state index is 15.0. The highest BCUT2D eigenvalue weighted by Gasteiger charge is 2.19. The fourth-order valence-corrected chi connectivity index (χ4v) is 4.35. The normalized spacial score (nSPS) is 14.0. The van der Waals surface area contributed by atoms with Crippen molar-refractivity contribution in [1.82, 2.24) is 25.4 Å². The van der Waals surface area contributed by atoms with Gasteiger partial charge in [0.05, 0.1) is 30.3 Å². The van der Waals surface area contributed by atoms with Gasteiger partial charge >= 0.3 is 6.03 Å². The fourth-order valence-electron chi connectivity index (χ4n) is 4.35. The van der Waals surface area contributed by atoms with Gasteiger partial charge in [-0.15, -0.1) is 0 Å². The van der Waals surface area contributed by atoms with E-state index in [2.05, 4.69) is 34.6 Å². The highest BCUT2D eigenvalue weighted by Crippen LogP contribution is 2.34. The first-order valence-electron chi connectivity index (χ1n) is 12.7. The minimum atomic E-state index is -0.339. The molecule has 5 rings (SSSR count). The van der Waals surface area contributed by atoms with E-state index in [0.29, 0.717) is 43.1 Å². The van der Waals surface area contributed by atoms with Gasteiger partial charge < -0.3 is 15.0 Å². The molecule has 1 aliphatic rings. The summed E-state index contributed by atoms with van der Waals surface area (Å²) in [5.41, 5.74) is 8.57. The van der Waals surface area contributed by atoms with Gasteiger partial charge in [-0.1, -0.05) is 32.0 Å². The summed E-state index contributed by atoms with van der Waals surface area (Å²) in [6.45, 7) is 8.53. The number of rotatable bonds is 6. The Bertz CT molecular complexity index is 1430. The number of morpholine rings is 1. The van der Waals surface area contributed by atoms with E-state index in [9.17, 15) is 4.79 Å². The average molecular weight is 515 g/mol. The second-order valence-corrected chi connectivity index (χ2v) is 9.60. The lowest BCUT2D eigenvalue weighted by Gasteiger charge is -2.26. The number of hydrogen-bond donors (Lipinski definition) is 3. The maximum Gasteiger partial charge on any atom is 0.333 e.